The van der Waals surface area contributed by atoms with Gasteiger partial charge in [0.1, 0.15) is 0 Å². The molecule has 0 aliphatic heterocycles. The molecule has 1 amide bonds. The standard InChI is InChI=1S/C23H31N3O6S2/c1-5-25-34(29,30)20-12-16(22(27)31-4)8-11-18(20)19-13-24-21(33-19)15-6-9-17(10-7-15)26-23(28)32-14(2)3/h8,11-15,17,25H,5-7,9-10H2,1-4H3,(H,26,28). The van der Waals surface area contributed by atoms with Crippen LogP contribution in [0.3, 0.4) is 0 Å². The molecular formula is C23H31N3O6S2. The fourth-order valence-corrected chi connectivity index (χ4v) is 6.44. The summed E-state index contributed by atoms with van der Waals surface area (Å²) in [7, 11) is -2.58. The molecule has 0 spiro atoms. The van der Waals surface area contributed by atoms with Crippen LogP contribution in [-0.4, -0.2) is 51.3 Å². The number of hydrogen-bond acceptors (Lipinski definition) is 8. The summed E-state index contributed by atoms with van der Waals surface area (Å²) >= 11 is 1.45. The highest BCUT2D eigenvalue weighted by Gasteiger charge is 2.27. The van der Waals surface area contributed by atoms with Crippen LogP contribution in [0, 0.1) is 0 Å². The topological polar surface area (TPSA) is 124 Å². The lowest BCUT2D eigenvalue weighted by Gasteiger charge is -2.28. The Bertz CT molecular complexity index is 1120. The molecule has 186 valence electrons. The molecule has 1 saturated carbocycles. The molecule has 1 fully saturated rings. The maximum Gasteiger partial charge on any atom is 0.407 e. The molecule has 1 heterocycles. The van der Waals surface area contributed by atoms with Crippen molar-refractivity contribution < 1.29 is 27.5 Å². The van der Waals surface area contributed by atoms with E-state index in [0.29, 0.717) is 10.4 Å². The monoisotopic (exact) mass is 509 g/mol. The summed E-state index contributed by atoms with van der Waals surface area (Å²) in [6, 6.07) is 4.59. The fourth-order valence-electron chi connectivity index (χ4n) is 3.96. The zero-order valence-electron chi connectivity index (χ0n) is 19.8. The maximum absolute atomic E-state index is 12.9. The van der Waals surface area contributed by atoms with Gasteiger partial charge in [-0.05, 0) is 51.7 Å². The van der Waals surface area contributed by atoms with Crippen molar-refractivity contribution in [3.63, 3.8) is 0 Å². The zero-order chi connectivity index (χ0) is 24.9. The third kappa shape index (κ3) is 6.34. The Kier molecular flexibility index (Phi) is 8.67. The van der Waals surface area contributed by atoms with Gasteiger partial charge in [-0.1, -0.05) is 13.0 Å². The van der Waals surface area contributed by atoms with E-state index in [1.54, 1.807) is 25.3 Å². The fraction of sp³-hybridized carbons (Fsp3) is 0.522. The highest BCUT2D eigenvalue weighted by Crippen LogP contribution is 2.39. The lowest BCUT2D eigenvalue weighted by molar-refractivity contribution is 0.0600. The smallest absolute Gasteiger partial charge is 0.407 e. The summed E-state index contributed by atoms with van der Waals surface area (Å²) in [5.41, 5.74) is 0.651. The van der Waals surface area contributed by atoms with Crippen LogP contribution in [0.25, 0.3) is 10.4 Å². The number of aromatic nitrogens is 1. The quantitative estimate of drug-likeness (QED) is 0.514. The van der Waals surface area contributed by atoms with Crippen LogP contribution in [-0.2, 0) is 19.5 Å². The first kappa shape index (κ1) is 26.1. The number of thiazole rings is 1. The summed E-state index contributed by atoms with van der Waals surface area (Å²) in [5, 5.41) is 3.85. The molecule has 1 aliphatic rings. The van der Waals surface area contributed by atoms with Crippen molar-refractivity contribution in [2.24, 2.45) is 0 Å². The minimum Gasteiger partial charge on any atom is -0.465 e. The van der Waals surface area contributed by atoms with E-state index in [0.717, 1.165) is 30.7 Å². The first-order chi connectivity index (χ1) is 16.1. The van der Waals surface area contributed by atoms with Crippen molar-refractivity contribution in [1.82, 2.24) is 15.0 Å². The summed E-state index contributed by atoms with van der Waals surface area (Å²) < 4.78 is 38.1. The molecule has 1 aromatic carbocycles. The Labute approximate surface area is 204 Å². The van der Waals surface area contributed by atoms with Gasteiger partial charge in [0.05, 0.1) is 33.6 Å². The van der Waals surface area contributed by atoms with E-state index in [2.05, 4.69) is 15.0 Å². The molecule has 0 atom stereocenters. The number of carbonyl (C=O) groups excluding carboxylic acids is 2. The first-order valence-electron chi connectivity index (χ1n) is 11.3. The maximum atomic E-state index is 12.9. The van der Waals surface area contributed by atoms with Gasteiger partial charge in [0.2, 0.25) is 10.0 Å². The number of ether oxygens (including phenoxy) is 2. The molecule has 1 aromatic heterocycles. The molecule has 2 N–H and O–H groups in total. The van der Waals surface area contributed by atoms with E-state index in [1.807, 2.05) is 13.8 Å². The molecule has 9 nitrogen and oxygen atoms in total. The Morgan fingerprint density at radius 1 is 1.21 bits per heavy atom. The van der Waals surface area contributed by atoms with Gasteiger partial charge in [0, 0.05) is 30.3 Å². The Morgan fingerprint density at radius 2 is 1.91 bits per heavy atom. The molecule has 2 aromatic rings. The average Bonchev–Trinajstić information content (AvgIpc) is 3.28. The van der Waals surface area contributed by atoms with Crippen molar-refractivity contribution in [1.29, 1.82) is 0 Å². The number of hydrogen-bond donors (Lipinski definition) is 2. The van der Waals surface area contributed by atoms with E-state index < -0.39 is 16.0 Å². The van der Waals surface area contributed by atoms with E-state index in [-0.39, 0.29) is 41.2 Å². The number of nitrogens with one attached hydrogen (secondary N) is 2. The number of alkyl carbamates (subject to hydrolysis) is 1. The molecule has 0 saturated heterocycles. The number of carbonyl (C=O) groups is 2. The Morgan fingerprint density at radius 3 is 2.53 bits per heavy atom. The van der Waals surface area contributed by atoms with Crippen molar-refractivity contribution >= 4 is 33.4 Å². The van der Waals surface area contributed by atoms with Gasteiger partial charge in [0.15, 0.2) is 0 Å². The second-order valence-corrected chi connectivity index (χ2v) is 11.2. The molecule has 34 heavy (non-hydrogen) atoms. The van der Waals surface area contributed by atoms with Crippen molar-refractivity contribution in [2.45, 2.75) is 69.4 Å². The number of amides is 1. The van der Waals surface area contributed by atoms with Crippen LogP contribution in [0.1, 0.15) is 67.7 Å². The van der Waals surface area contributed by atoms with E-state index in [1.165, 1.54) is 24.5 Å². The second-order valence-electron chi connectivity index (χ2n) is 8.41. The molecule has 0 radical (unpaired) electrons. The number of benzene rings is 1. The van der Waals surface area contributed by atoms with Crippen LogP contribution in [0.5, 0.6) is 0 Å². The lowest BCUT2D eigenvalue weighted by atomic mass is 9.86. The minimum atomic E-state index is -3.83. The van der Waals surface area contributed by atoms with Crippen molar-refractivity contribution in [3.05, 3.63) is 35.0 Å². The van der Waals surface area contributed by atoms with Crippen LogP contribution in [0.2, 0.25) is 0 Å². The van der Waals surface area contributed by atoms with Crippen molar-refractivity contribution in [3.8, 4) is 10.4 Å². The van der Waals surface area contributed by atoms with Crippen LogP contribution >= 0.6 is 11.3 Å². The van der Waals surface area contributed by atoms with Gasteiger partial charge in [-0.15, -0.1) is 11.3 Å². The highest BCUT2D eigenvalue weighted by molar-refractivity contribution is 7.89. The van der Waals surface area contributed by atoms with Gasteiger partial charge in [-0.3, -0.25) is 0 Å². The van der Waals surface area contributed by atoms with Crippen LogP contribution in [0.15, 0.2) is 29.3 Å². The largest absolute Gasteiger partial charge is 0.465 e. The van der Waals surface area contributed by atoms with Gasteiger partial charge in [-0.25, -0.2) is 27.7 Å². The van der Waals surface area contributed by atoms with Crippen LogP contribution < -0.4 is 10.0 Å². The molecule has 1 aliphatic carbocycles. The van der Waals surface area contributed by atoms with Gasteiger partial charge in [-0.2, -0.15) is 0 Å². The van der Waals surface area contributed by atoms with E-state index in [4.69, 9.17) is 9.47 Å². The zero-order valence-corrected chi connectivity index (χ0v) is 21.4. The lowest BCUT2D eigenvalue weighted by Crippen LogP contribution is -2.38. The average molecular weight is 510 g/mol. The summed E-state index contributed by atoms with van der Waals surface area (Å²) in [4.78, 5) is 29.1. The summed E-state index contributed by atoms with van der Waals surface area (Å²) in [6.45, 7) is 5.54. The number of sulfonamides is 1. The number of esters is 1. The van der Waals surface area contributed by atoms with Crippen LogP contribution in [0.4, 0.5) is 4.79 Å². The minimum absolute atomic E-state index is 0.0176. The summed E-state index contributed by atoms with van der Waals surface area (Å²) in [5.74, 6) is -0.367. The second kappa shape index (κ2) is 11.3. The van der Waals surface area contributed by atoms with Gasteiger partial charge in [0.25, 0.3) is 0 Å². The molecule has 3 rings (SSSR count). The highest BCUT2D eigenvalue weighted by atomic mass is 32.2. The number of rotatable bonds is 8. The Balaban J connectivity index is 1.78. The third-order valence-electron chi connectivity index (χ3n) is 5.56. The van der Waals surface area contributed by atoms with Crippen molar-refractivity contribution in [2.75, 3.05) is 13.7 Å². The molecule has 0 bridgehead atoms. The summed E-state index contributed by atoms with van der Waals surface area (Å²) in [6.07, 6.45) is 4.50. The van der Waals surface area contributed by atoms with Gasteiger partial charge < -0.3 is 14.8 Å². The number of methoxy groups -OCH3 is 1. The molecule has 11 heteroatoms. The first-order valence-corrected chi connectivity index (χ1v) is 13.6. The predicted molar refractivity (Wildman–Crippen MR) is 130 cm³/mol. The molecular weight excluding hydrogens is 478 g/mol. The molecule has 0 unspecified atom stereocenters. The number of nitrogens with zero attached hydrogens (tertiary/aromatic N) is 1. The SMILES string of the molecule is CCNS(=O)(=O)c1cc(C(=O)OC)ccc1-c1cnc(C2CCC(NC(=O)OC(C)C)CC2)s1. The van der Waals surface area contributed by atoms with Gasteiger partial charge >= 0.3 is 12.1 Å². The third-order valence-corrected chi connectivity index (χ3v) is 8.34. The predicted octanol–water partition coefficient (Wildman–Crippen LogP) is 4.06. The normalized spacial score (nSPS) is 18.5. The Hall–Kier alpha value is -2.50. The van der Waals surface area contributed by atoms with E-state index in [9.17, 15) is 18.0 Å². The van der Waals surface area contributed by atoms with E-state index >= 15 is 0 Å².